The van der Waals surface area contributed by atoms with Crippen molar-refractivity contribution in [1.82, 2.24) is 15.5 Å². The SMILES string of the molecule is CCC(C)NC(=O)CCNC(=NC)N(C)Cc1ccc(C(F)(F)F)cc1. The minimum Gasteiger partial charge on any atom is -0.356 e. The number of rotatable bonds is 7. The van der Waals surface area contributed by atoms with Gasteiger partial charge >= 0.3 is 6.18 Å². The largest absolute Gasteiger partial charge is 0.416 e. The Hall–Kier alpha value is -2.25. The standard InChI is InChI=1S/C18H27F3N4O/c1-5-13(2)24-16(26)10-11-23-17(22-3)25(4)12-14-6-8-15(9-7-14)18(19,20)21/h6-9,13H,5,10-12H2,1-4H3,(H,22,23)(H,24,26). The molecule has 146 valence electrons. The van der Waals surface area contributed by atoms with Crippen molar-refractivity contribution in [1.29, 1.82) is 0 Å². The van der Waals surface area contributed by atoms with Gasteiger partial charge < -0.3 is 15.5 Å². The van der Waals surface area contributed by atoms with Crippen LogP contribution in [0.15, 0.2) is 29.3 Å². The predicted molar refractivity (Wildman–Crippen MR) is 96.8 cm³/mol. The number of carbonyl (C=O) groups is 1. The molecule has 1 unspecified atom stereocenters. The number of aliphatic imine (C=N–C) groups is 1. The van der Waals surface area contributed by atoms with Crippen molar-refractivity contribution in [2.45, 2.75) is 45.5 Å². The summed E-state index contributed by atoms with van der Waals surface area (Å²) in [6.45, 7) is 4.77. The second-order valence-electron chi connectivity index (χ2n) is 6.15. The maximum Gasteiger partial charge on any atom is 0.416 e. The molecule has 0 bridgehead atoms. The van der Waals surface area contributed by atoms with Gasteiger partial charge in [0.05, 0.1) is 5.56 Å². The lowest BCUT2D eigenvalue weighted by Gasteiger charge is -2.22. The minimum absolute atomic E-state index is 0.0345. The van der Waals surface area contributed by atoms with E-state index in [9.17, 15) is 18.0 Å². The van der Waals surface area contributed by atoms with Crippen molar-refractivity contribution in [2.75, 3.05) is 20.6 Å². The highest BCUT2D eigenvalue weighted by atomic mass is 19.4. The van der Waals surface area contributed by atoms with Crippen LogP contribution in [0.25, 0.3) is 0 Å². The van der Waals surface area contributed by atoms with Crippen molar-refractivity contribution < 1.29 is 18.0 Å². The van der Waals surface area contributed by atoms with Gasteiger partial charge in [-0.3, -0.25) is 9.79 Å². The molecule has 1 aromatic rings. The summed E-state index contributed by atoms with van der Waals surface area (Å²) in [6, 6.07) is 5.18. The second-order valence-corrected chi connectivity index (χ2v) is 6.15. The quantitative estimate of drug-likeness (QED) is 0.571. The zero-order chi connectivity index (χ0) is 19.7. The highest BCUT2D eigenvalue weighted by molar-refractivity contribution is 5.81. The Kier molecular flexibility index (Phi) is 8.41. The lowest BCUT2D eigenvalue weighted by atomic mass is 10.1. The van der Waals surface area contributed by atoms with E-state index in [4.69, 9.17) is 0 Å². The highest BCUT2D eigenvalue weighted by Crippen LogP contribution is 2.29. The Morgan fingerprint density at radius 1 is 1.27 bits per heavy atom. The summed E-state index contributed by atoms with van der Waals surface area (Å²) in [5.74, 6) is 0.536. The smallest absolute Gasteiger partial charge is 0.356 e. The van der Waals surface area contributed by atoms with Gasteiger partial charge in [-0.2, -0.15) is 13.2 Å². The number of nitrogens with one attached hydrogen (secondary N) is 2. The molecule has 0 aliphatic rings. The molecule has 1 rings (SSSR count). The molecule has 8 heteroatoms. The summed E-state index contributed by atoms with van der Waals surface area (Å²) in [5, 5.41) is 5.97. The Balaban J connectivity index is 2.51. The van der Waals surface area contributed by atoms with Crippen molar-refractivity contribution >= 4 is 11.9 Å². The summed E-state index contributed by atoms with van der Waals surface area (Å²) in [4.78, 5) is 17.7. The van der Waals surface area contributed by atoms with E-state index in [2.05, 4.69) is 15.6 Å². The zero-order valence-electron chi connectivity index (χ0n) is 15.7. The van der Waals surface area contributed by atoms with E-state index < -0.39 is 11.7 Å². The van der Waals surface area contributed by atoms with Gasteiger partial charge in [0.15, 0.2) is 5.96 Å². The van der Waals surface area contributed by atoms with Crippen LogP contribution in [-0.4, -0.2) is 43.4 Å². The summed E-state index contributed by atoms with van der Waals surface area (Å²) in [7, 11) is 3.40. The highest BCUT2D eigenvalue weighted by Gasteiger charge is 2.29. The number of hydrogen-bond donors (Lipinski definition) is 2. The van der Waals surface area contributed by atoms with E-state index >= 15 is 0 Å². The van der Waals surface area contributed by atoms with E-state index in [1.165, 1.54) is 12.1 Å². The van der Waals surface area contributed by atoms with Crippen molar-refractivity contribution in [3.63, 3.8) is 0 Å². The molecular formula is C18H27F3N4O. The lowest BCUT2D eigenvalue weighted by Crippen LogP contribution is -2.41. The van der Waals surface area contributed by atoms with Gasteiger partial charge in [0.1, 0.15) is 0 Å². The maximum atomic E-state index is 12.6. The van der Waals surface area contributed by atoms with Crippen LogP contribution in [0.2, 0.25) is 0 Å². The molecule has 2 N–H and O–H groups in total. The molecule has 1 atom stereocenters. The van der Waals surface area contributed by atoms with Crippen LogP contribution in [0.5, 0.6) is 0 Å². The molecule has 0 saturated heterocycles. The topological polar surface area (TPSA) is 56.7 Å². The van der Waals surface area contributed by atoms with Gasteiger partial charge in [-0.15, -0.1) is 0 Å². The van der Waals surface area contributed by atoms with E-state index in [1.54, 1.807) is 19.0 Å². The number of carbonyl (C=O) groups excluding carboxylic acids is 1. The molecule has 0 spiro atoms. The van der Waals surface area contributed by atoms with Crippen LogP contribution < -0.4 is 10.6 Å². The first kappa shape index (κ1) is 21.8. The van der Waals surface area contributed by atoms with Gasteiger partial charge in [-0.25, -0.2) is 0 Å². The van der Waals surface area contributed by atoms with Crippen LogP contribution in [0.4, 0.5) is 13.2 Å². The molecular weight excluding hydrogens is 345 g/mol. The number of alkyl halides is 3. The van der Waals surface area contributed by atoms with Crippen molar-refractivity contribution in [3.8, 4) is 0 Å². The molecule has 26 heavy (non-hydrogen) atoms. The van der Waals surface area contributed by atoms with E-state index in [1.807, 2.05) is 13.8 Å². The van der Waals surface area contributed by atoms with Crippen LogP contribution >= 0.6 is 0 Å². The normalized spacial score (nSPS) is 13.3. The number of nitrogens with zero attached hydrogens (tertiary/aromatic N) is 2. The molecule has 0 fully saturated rings. The van der Waals surface area contributed by atoms with Gasteiger partial charge in [-0.05, 0) is 31.0 Å². The first-order valence-electron chi connectivity index (χ1n) is 8.54. The Morgan fingerprint density at radius 2 is 1.88 bits per heavy atom. The predicted octanol–water partition coefficient (Wildman–Crippen LogP) is 3.02. The third-order valence-electron chi connectivity index (χ3n) is 3.93. The van der Waals surface area contributed by atoms with E-state index in [0.29, 0.717) is 25.5 Å². The van der Waals surface area contributed by atoms with Crippen LogP contribution in [0, 0.1) is 0 Å². The van der Waals surface area contributed by atoms with Crippen molar-refractivity contribution in [2.24, 2.45) is 4.99 Å². The Labute approximate surface area is 152 Å². The van der Waals surface area contributed by atoms with E-state index in [-0.39, 0.29) is 11.9 Å². The molecule has 0 radical (unpaired) electrons. The average Bonchev–Trinajstić information content (AvgIpc) is 2.58. The van der Waals surface area contributed by atoms with Gasteiger partial charge in [0, 0.05) is 39.6 Å². The molecule has 0 aromatic heterocycles. The fourth-order valence-electron chi connectivity index (χ4n) is 2.27. The molecule has 1 aromatic carbocycles. The number of amides is 1. The molecule has 0 aliphatic carbocycles. The third-order valence-corrected chi connectivity index (χ3v) is 3.93. The molecule has 5 nitrogen and oxygen atoms in total. The maximum absolute atomic E-state index is 12.6. The van der Waals surface area contributed by atoms with Gasteiger partial charge in [0.25, 0.3) is 0 Å². The van der Waals surface area contributed by atoms with E-state index in [0.717, 1.165) is 24.1 Å². The first-order chi connectivity index (χ1) is 12.2. The molecule has 0 aliphatic heterocycles. The lowest BCUT2D eigenvalue weighted by molar-refractivity contribution is -0.137. The summed E-state index contributed by atoms with van der Waals surface area (Å²) in [6.07, 6.45) is -3.15. The number of benzene rings is 1. The van der Waals surface area contributed by atoms with Crippen LogP contribution in [0.3, 0.4) is 0 Å². The summed E-state index contributed by atoms with van der Waals surface area (Å²) < 4.78 is 37.8. The average molecular weight is 372 g/mol. The molecule has 0 saturated carbocycles. The fourth-order valence-corrected chi connectivity index (χ4v) is 2.27. The molecule has 1 amide bonds. The summed E-state index contributed by atoms with van der Waals surface area (Å²) >= 11 is 0. The first-order valence-corrected chi connectivity index (χ1v) is 8.54. The number of hydrogen-bond acceptors (Lipinski definition) is 2. The summed E-state index contributed by atoms with van der Waals surface area (Å²) in [5.41, 5.74) is 0.0664. The Morgan fingerprint density at radius 3 is 2.38 bits per heavy atom. The Bertz CT molecular complexity index is 599. The van der Waals surface area contributed by atoms with Gasteiger partial charge in [-0.1, -0.05) is 19.1 Å². The van der Waals surface area contributed by atoms with Crippen LogP contribution in [0.1, 0.15) is 37.8 Å². The molecule has 0 heterocycles. The minimum atomic E-state index is -4.34. The number of halogens is 3. The van der Waals surface area contributed by atoms with Crippen molar-refractivity contribution in [3.05, 3.63) is 35.4 Å². The fraction of sp³-hybridized carbons (Fsp3) is 0.556. The van der Waals surface area contributed by atoms with Crippen LogP contribution in [-0.2, 0) is 17.5 Å². The number of guanidine groups is 1. The second kappa shape index (κ2) is 10.0. The monoisotopic (exact) mass is 372 g/mol. The third kappa shape index (κ3) is 7.33. The zero-order valence-corrected chi connectivity index (χ0v) is 15.7. The van der Waals surface area contributed by atoms with Gasteiger partial charge in [0.2, 0.25) is 5.91 Å².